The van der Waals surface area contributed by atoms with Gasteiger partial charge in [-0.25, -0.2) is 9.97 Å². The van der Waals surface area contributed by atoms with Gasteiger partial charge in [0.25, 0.3) is 5.91 Å². The van der Waals surface area contributed by atoms with Crippen LogP contribution in [0.5, 0.6) is 0 Å². The van der Waals surface area contributed by atoms with Crippen molar-refractivity contribution in [1.29, 1.82) is 0 Å². The highest BCUT2D eigenvalue weighted by Gasteiger charge is 2.80. The fourth-order valence-electron chi connectivity index (χ4n) is 6.41. The van der Waals surface area contributed by atoms with Crippen LogP contribution in [0, 0.1) is 23.2 Å². The second-order valence-electron chi connectivity index (χ2n) is 12.0. The molecule has 3 saturated carbocycles. The third-order valence-corrected chi connectivity index (χ3v) is 9.04. The Morgan fingerprint density at radius 1 is 1.09 bits per heavy atom. The van der Waals surface area contributed by atoms with Gasteiger partial charge in [0.15, 0.2) is 0 Å². The molecule has 1 spiro atoms. The van der Waals surface area contributed by atoms with E-state index in [-0.39, 0.29) is 12.5 Å². The van der Waals surface area contributed by atoms with Crippen molar-refractivity contribution >= 4 is 29.2 Å². The van der Waals surface area contributed by atoms with Crippen molar-refractivity contribution in [3.8, 4) is 0 Å². The molecule has 3 unspecified atom stereocenters. The lowest BCUT2D eigenvalue weighted by molar-refractivity contribution is 0.102. The number of aliphatic hydroxyl groups is 1. The SMILES string of the molecule is CC(C)(CO)Nc1ccc(C(=O)Nc2cccc(N3CC4C5C3[C@@H]45)n2)c(N2CCC3(CC2)CC3)n1. The van der Waals surface area contributed by atoms with Crippen molar-refractivity contribution in [2.24, 2.45) is 23.2 Å². The molecule has 6 fully saturated rings. The molecule has 3 aliphatic heterocycles. The number of hydrogen-bond acceptors (Lipinski definition) is 7. The first kappa shape index (κ1) is 21.4. The Morgan fingerprint density at radius 3 is 2.51 bits per heavy atom. The molecule has 3 saturated heterocycles. The Kier molecular flexibility index (Phi) is 4.48. The normalized spacial score (nSPS) is 29.1. The molecule has 5 heterocycles. The Morgan fingerprint density at radius 2 is 1.86 bits per heavy atom. The summed E-state index contributed by atoms with van der Waals surface area (Å²) >= 11 is 0. The van der Waals surface area contributed by atoms with Gasteiger partial charge < -0.3 is 25.5 Å². The molecule has 6 aliphatic rings. The summed E-state index contributed by atoms with van der Waals surface area (Å²) in [6.45, 7) is 6.77. The first-order chi connectivity index (χ1) is 16.9. The van der Waals surface area contributed by atoms with Crippen molar-refractivity contribution in [1.82, 2.24) is 9.97 Å². The van der Waals surface area contributed by atoms with E-state index >= 15 is 0 Å². The summed E-state index contributed by atoms with van der Waals surface area (Å²) in [7, 11) is 0. The molecule has 2 bridgehead atoms. The van der Waals surface area contributed by atoms with Gasteiger partial charge in [0.2, 0.25) is 0 Å². The molecule has 3 N–H and O–H groups in total. The number of pyridine rings is 2. The maximum atomic E-state index is 13.5. The summed E-state index contributed by atoms with van der Waals surface area (Å²) in [6, 6.07) is 10.2. The van der Waals surface area contributed by atoms with Gasteiger partial charge in [-0.3, -0.25) is 4.79 Å². The maximum absolute atomic E-state index is 13.5. The number of hydrogen-bond donors (Lipinski definition) is 3. The predicted molar refractivity (Wildman–Crippen MR) is 136 cm³/mol. The van der Waals surface area contributed by atoms with Crippen LogP contribution in [0.4, 0.5) is 23.3 Å². The number of aliphatic hydroxyl groups excluding tert-OH is 1. The minimum atomic E-state index is -0.504. The van der Waals surface area contributed by atoms with Crippen LogP contribution >= 0.6 is 0 Å². The number of nitrogens with zero attached hydrogens (tertiary/aromatic N) is 4. The smallest absolute Gasteiger partial charge is 0.260 e. The zero-order valence-corrected chi connectivity index (χ0v) is 20.5. The molecule has 8 rings (SSSR count). The number of amides is 1. The van der Waals surface area contributed by atoms with E-state index in [2.05, 4.69) is 20.4 Å². The van der Waals surface area contributed by atoms with E-state index in [4.69, 9.17) is 9.97 Å². The van der Waals surface area contributed by atoms with Crippen molar-refractivity contribution in [3.05, 3.63) is 35.9 Å². The molecule has 0 aromatic carbocycles. The van der Waals surface area contributed by atoms with Crippen molar-refractivity contribution < 1.29 is 9.90 Å². The van der Waals surface area contributed by atoms with Crippen molar-refractivity contribution in [3.63, 3.8) is 0 Å². The molecule has 35 heavy (non-hydrogen) atoms. The molecule has 2 aromatic heterocycles. The summed E-state index contributed by atoms with van der Waals surface area (Å²) in [5, 5.41) is 16.0. The number of anilines is 4. The Labute approximate surface area is 206 Å². The Balaban J connectivity index is 1.13. The van der Waals surface area contributed by atoms with E-state index in [1.807, 2.05) is 44.2 Å². The summed E-state index contributed by atoms with van der Waals surface area (Å²) < 4.78 is 0. The van der Waals surface area contributed by atoms with Gasteiger partial charge in [0, 0.05) is 25.7 Å². The van der Waals surface area contributed by atoms with Gasteiger partial charge >= 0.3 is 0 Å². The number of rotatable bonds is 7. The lowest BCUT2D eigenvalue weighted by Crippen LogP contribution is -2.38. The largest absolute Gasteiger partial charge is 0.394 e. The molecule has 184 valence electrons. The number of piperidine rings is 2. The number of aromatic nitrogens is 2. The lowest BCUT2D eigenvalue weighted by atomic mass is 9.93. The summed E-state index contributed by atoms with van der Waals surface area (Å²) in [4.78, 5) is 27.8. The van der Waals surface area contributed by atoms with Gasteiger partial charge in [-0.2, -0.15) is 0 Å². The number of carbonyl (C=O) groups is 1. The van der Waals surface area contributed by atoms with Crippen LogP contribution in [0.1, 0.15) is 49.9 Å². The van der Waals surface area contributed by atoms with E-state index in [0.717, 1.165) is 56.0 Å². The van der Waals surface area contributed by atoms with E-state index < -0.39 is 5.54 Å². The second-order valence-corrected chi connectivity index (χ2v) is 12.0. The predicted octanol–water partition coefficient (Wildman–Crippen LogP) is 3.36. The zero-order chi connectivity index (χ0) is 23.9. The van der Waals surface area contributed by atoms with Gasteiger partial charge in [0.1, 0.15) is 23.3 Å². The van der Waals surface area contributed by atoms with E-state index in [1.54, 1.807) is 0 Å². The van der Waals surface area contributed by atoms with Crippen LogP contribution in [-0.2, 0) is 0 Å². The second kappa shape index (κ2) is 7.32. The standard InChI is InChI=1S/C27H34N6O2/c1-26(2,15-34)31-19-7-6-16(24(29-19)32-12-10-27(8-9-27)11-13-32)25(35)30-18-4-3-5-20(28-18)33-14-17-21-22(17)23(21)33/h3-7,17,21-23,34H,8-15H2,1-2H3,(H,29,31)(H,28,30,35)/t17?,21-,22?,23?/m0/s1. The highest BCUT2D eigenvalue weighted by atomic mass is 16.3. The zero-order valence-electron chi connectivity index (χ0n) is 20.5. The first-order valence-electron chi connectivity index (χ1n) is 13.1. The Bertz CT molecular complexity index is 1170. The molecule has 2 aromatic rings. The van der Waals surface area contributed by atoms with E-state index in [1.165, 1.54) is 12.8 Å². The fourth-order valence-corrected chi connectivity index (χ4v) is 6.41. The summed E-state index contributed by atoms with van der Waals surface area (Å²) in [6.07, 6.45) is 4.96. The van der Waals surface area contributed by atoms with Gasteiger partial charge in [-0.1, -0.05) is 6.07 Å². The van der Waals surface area contributed by atoms with Crippen LogP contribution in [-0.4, -0.2) is 58.8 Å². The Hall–Kier alpha value is -2.87. The number of fused-ring (bicyclic) bond motifs is 1. The summed E-state index contributed by atoms with van der Waals surface area (Å²) in [5.74, 6) is 5.43. The number of carbonyl (C=O) groups excluding carboxylic acids is 1. The molecule has 4 atom stereocenters. The third kappa shape index (κ3) is 3.64. The van der Waals surface area contributed by atoms with Crippen molar-refractivity contribution in [2.45, 2.75) is 51.1 Å². The highest BCUT2D eigenvalue weighted by molar-refractivity contribution is 6.07. The van der Waals surface area contributed by atoms with Crippen LogP contribution in [0.3, 0.4) is 0 Å². The number of nitrogens with one attached hydrogen (secondary N) is 2. The average Bonchev–Trinajstić information content (AvgIpc) is 3.81. The van der Waals surface area contributed by atoms with Crippen molar-refractivity contribution in [2.75, 3.05) is 46.7 Å². The quantitative estimate of drug-likeness (QED) is 0.567. The van der Waals surface area contributed by atoms with E-state index in [9.17, 15) is 9.90 Å². The maximum Gasteiger partial charge on any atom is 0.260 e. The molecule has 3 aliphatic carbocycles. The molecular formula is C27H34N6O2. The van der Waals surface area contributed by atoms with Crippen LogP contribution in [0.15, 0.2) is 30.3 Å². The molecule has 1 amide bonds. The fraction of sp³-hybridized carbons (Fsp3) is 0.593. The first-order valence-corrected chi connectivity index (χ1v) is 13.1. The van der Waals surface area contributed by atoms with E-state index in [0.29, 0.717) is 34.5 Å². The van der Waals surface area contributed by atoms with Crippen LogP contribution in [0.25, 0.3) is 0 Å². The van der Waals surface area contributed by atoms with Gasteiger partial charge in [0.05, 0.1) is 17.7 Å². The minimum Gasteiger partial charge on any atom is -0.394 e. The molecule has 8 heteroatoms. The topological polar surface area (TPSA) is 93.6 Å². The molecule has 8 nitrogen and oxygen atoms in total. The van der Waals surface area contributed by atoms with Gasteiger partial charge in [-0.15, -0.1) is 0 Å². The third-order valence-electron chi connectivity index (χ3n) is 9.04. The van der Waals surface area contributed by atoms with Crippen LogP contribution < -0.4 is 20.4 Å². The average molecular weight is 475 g/mol. The van der Waals surface area contributed by atoms with Gasteiger partial charge in [-0.05, 0) is 87.0 Å². The lowest BCUT2D eigenvalue weighted by Gasteiger charge is -2.34. The van der Waals surface area contributed by atoms with Crippen LogP contribution in [0.2, 0.25) is 0 Å². The highest BCUT2D eigenvalue weighted by Crippen LogP contribution is 2.75. The monoisotopic (exact) mass is 474 g/mol. The summed E-state index contributed by atoms with van der Waals surface area (Å²) in [5.41, 5.74) is 0.593. The molecule has 0 radical (unpaired) electrons. The molecular weight excluding hydrogens is 440 g/mol. The minimum absolute atomic E-state index is 0.0133.